The maximum absolute atomic E-state index is 13.0. The first-order chi connectivity index (χ1) is 13.4. The summed E-state index contributed by atoms with van der Waals surface area (Å²) >= 11 is 7.43. The molecule has 0 atom stereocenters. The van der Waals surface area contributed by atoms with E-state index in [1.54, 1.807) is 31.2 Å². The molecule has 0 N–H and O–H groups in total. The van der Waals surface area contributed by atoms with E-state index in [4.69, 9.17) is 16.0 Å². The number of fused-ring (bicyclic) bond motifs is 1. The molecule has 0 aliphatic rings. The molecule has 0 radical (unpaired) electrons. The number of hydrogen-bond donors (Lipinski definition) is 0. The number of rotatable bonds is 3. The van der Waals surface area contributed by atoms with Crippen molar-refractivity contribution >= 4 is 40.2 Å². The lowest BCUT2D eigenvalue weighted by molar-refractivity contribution is 0.0938. The number of halogens is 1. The standard InChI is InChI=1S/C21H15ClN2O3S/c1-12-19(28-16-9-7-15(22)8-10-16)13(2)24(23-12)20(25)17-11-14-5-3-4-6-18(14)27-21(17)26/h3-11H,1-2H3. The highest BCUT2D eigenvalue weighted by atomic mass is 35.5. The first-order valence-corrected chi connectivity index (χ1v) is 9.71. The summed E-state index contributed by atoms with van der Waals surface area (Å²) in [6, 6.07) is 16.1. The molecule has 5 nitrogen and oxygen atoms in total. The monoisotopic (exact) mass is 410 g/mol. The molecule has 0 saturated carbocycles. The Balaban J connectivity index is 1.74. The zero-order chi connectivity index (χ0) is 19.8. The van der Waals surface area contributed by atoms with Crippen LogP contribution in [0, 0.1) is 13.8 Å². The molecule has 4 aromatic rings. The van der Waals surface area contributed by atoms with Gasteiger partial charge in [0.25, 0.3) is 5.91 Å². The average molecular weight is 411 g/mol. The third-order valence-electron chi connectivity index (χ3n) is 4.32. The van der Waals surface area contributed by atoms with Crippen molar-refractivity contribution in [1.82, 2.24) is 9.78 Å². The summed E-state index contributed by atoms with van der Waals surface area (Å²) in [5, 5.41) is 5.70. The number of hydrogen-bond acceptors (Lipinski definition) is 5. The van der Waals surface area contributed by atoms with E-state index in [9.17, 15) is 9.59 Å². The smallest absolute Gasteiger partial charge is 0.349 e. The summed E-state index contributed by atoms with van der Waals surface area (Å²) in [7, 11) is 0. The van der Waals surface area contributed by atoms with Crippen LogP contribution in [0.4, 0.5) is 0 Å². The minimum absolute atomic E-state index is 0.0488. The predicted octanol–water partition coefficient (Wildman–Crippen LogP) is 5.10. The third-order valence-corrected chi connectivity index (χ3v) is 5.88. The Morgan fingerprint density at radius 3 is 2.57 bits per heavy atom. The highest BCUT2D eigenvalue weighted by Crippen LogP contribution is 2.33. The first kappa shape index (κ1) is 18.5. The Kier molecular flexibility index (Phi) is 4.83. The van der Waals surface area contributed by atoms with Gasteiger partial charge in [0.2, 0.25) is 0 Å². The van der Waals surface area contributed by atoms with E-state index in [-0.39, 0.29) is 5.56 Å². The number of nitrogens with zero attached hydrogens (tertiary/aromatic N) is 2. The number of carbonyl (C=O) groups excluding carboxylic acids is 1. The molecule has 0 aliphatic carbocycles. The molecule has 4 rings (SSSR count). The second kappa shape index (κ2) is 7.30. The molecular weight excluding hydrogens is 396 g/mol. The predicted molar refractivity (Wildman–Crippen MR) is 109 cm³/mol. The summed E-state index contributed by atoms with van der Waals surface area (Å²) in [6.45, 7) is 3.64. The molecule has 140 valence electrons. The molecule has 2 heterocycles. The molecule has 2 aromatic heterocycles. The van der Waals surface area contributed by atoms with E-state index >= 15 is 0 Å². The van der Waals surface area contributed by atoms with E-state index in [1.165, 1.54) is 16.4 Å². The largest absolute Gasteiger partial charge is 0.422 e. The van der Waals surface area contributed by atoms with Gasteiger partial charge in [0.05, 0.1) is 16.3 Å². The van der Waals surface area contributed by atoms with Crippen LogP contribution in [0.5, 0.6) is 0 Å². The second-order valence-corrected chi connectivity index (χ2v) is 7.78. The Morgan fingerprint density at radius 1 is 1.11 bits per heavy atom. The summed E-state index contributed by atoms with van der Waals surface area (Å²) < 4.78 is 6.54. The second-order valence-electron chi connectivity index (χ2n) is 6.26. The zero-order valence-corrected chi connectivity index (χ0v) is 16.7. The molecule has 0 aliphatic heterocycles. The van der Waals surface area contributed by atoms with Gasteiger partial charge in [0.1, 0.15) is 11.1 Å². The number of para-hydroxylation sites is 1. The van der Waals surface area contributed by atoms with E-state index in [0.29, 0.717) is 27.4 Å². The number of benzene rings is 2. The van der Waals surface area contributed by atoms with Crippen molar-refractivity contribution in [2.45, 2.75) is 23.6 Å². The fourth-order valence-electron chi connectivity index (χ4n) is 2.92. The van der Waals surface area contributed by atoms with Gasteiger partial charge in [0.15, 0.2) is 0 Å². The fourth-order valence-corrected chi connectivity index (χ4v) is 3.98. The van der Waals surface area contributed by atoms with E-state index in [2.05, 4.69) is 5.10 Å². The minimum atomic E-state index is -0.678. The van der Waals surface area contributed by atoms with Gasteiger partial charge < -0.3 is 4.42 Å². The molecule has 0 spiro atoms. The Bertz CT molecular complexity index is 1260. The van der Waals surface area contributed by atoms with Crippen LogP contribution >= 0.6 is 23.4 Å². The number of aromatic nitrogens is 2. The van der Waals surface area contributed by atoms with Crippen LogP contribution in [0.3, 0.4) is 0 Å². The first-order valence-electron chi connectivity index (χ1n) is 8.51. The van der Waals surface area contributed by atoms with Crippen molar-refractivity contribution in [3.63, 3.8) is 0 Å². The molecule has 0 fully saturated rings. The summed E-state index contributed by atoms with van der Waals surface area (Å²) in [4.78, 5) is 27.2. The number of carbonyl (C=O) groups is 1. The van der Waals surface area contributed by atoms with Gasteiger partial charge in [-0.1, -0.05) is 41.6 Å². The molecule has 0 unspecified atom stereocenters. The van der Waals surface area contributed by atoms with E-state index in [1.807, 2.05) is 37.3 Å². The third kappa shape index (κ3) is 3.37. The van der Waals surface area contributed by atoms with Gasteiger partial charge in [-0.2, -0.15) is 9.78 Å². The van der Waals surface area contributed by atoms with Crippen LogP contribution in [0.15, 0.2) is 73.6 Å². The van der Waals surface area contributed by atoms with Gasteiger partial charge >= 0.3 is 5.63 Å². The van der Waals surface area contributed by atoms with Crippen LogP contribution in [0.2, 0.25) is 5.02 Å². The summed E-state index contributed by atoms with van der Waals surface area (Å²) in [5.41, 5.74) is 1.08. The Hall–Kier alpha value is -2.83. The van der Waals surface area contributed by atoms with Crippen molar-refractivity contribution in [2.75, 3.05) is 0 Å². The Morgan fingerprint density at radius 2 is 1.82 bits per heavy atom. The lowest BCUT2D eigenvalue weighted by atomic mass is 10.2. The minimum Gasteiger partial charge on any atom is -0.422 e. The molecule has 2 aromatic carbocycles. The quantitative estimate of drug-likeness (QED) is 0.439. The molecule has 0 saturated heterocycles. The van der Waals surface area contributed by atoms with Gasteiger partial charge in [-0.15, -0.1) is 0 Å². The van der Waals surface area contributed by atoms with Crippen LogP contribution in [0.1, 0.15) is 21.7 Å². The van der Waals surface area contributed by atoms with Crippen LogP contribution in [-0.2, 0) is 0 Å². The van der Waals surface area contributed by atoms with Crippen LogP contribution in [-0.4, -0.2) is 15.7 Å². The van der Waals surface area contributed by atoms with E-state index < -0.39 is 11.5 Å². The maximum atomic E-state index is 13.0. The van der Waals surface area contributed by atoms with E-state index in [0.717, 1.165) is 9.79 Å². The van der Waals surface area contributed by atoms with Crippen molar-refractivity contribution in [3.8, 4) is 0 Å². The summed E-state index contributed by atoms with van der Waals surface area (Å²) in [6.07, 6.45) is 0. The molecule has 7 heteroatoms. The van der Waals surface area contributed by atoms with Gasteiger partial charge in [-0.3, -0.25) is 4.79 Å². The maximum Gasteiger partial charge on any atom is 0.349 e. The SMILES string of the molecule is Cc1nn(C(=O)c2cc3ccccc3oc2=O)c(C)c1Sc1ccc(Cl)cc1. The molecule has 0 bridgehead atoms. The fraction of sp³-hybridized carbons (Fsp3) is 0.0952. The topological polar surface area (TPSA) is 65.1 Å². The average Bonchev–Trinajstić information content (AvgIpc) is 2.97. The molecule has 0 amide bonds. The van der Waals surface area contributed by atoms with Gasteiger partial charge in [-0.25, -0.2) is 4.79 Å². The molecule has 28 heavy (non-hydrogen) atoms. The zero-order valence-electron chi connectivity index (χ0n) is 15.1. The molecular formula is C21H15ClN2O3S. The van der Waals surface area contributed by atoms with Crippen molar-refractivity contribution in [1.29, 1.82) is 0 Å². The highest BCUT2D eigenvalue weighted by Gasteiger charge is 2.22. The van der Waals surface area contributed by atoms with Crippen molar-refractivity contribution in [2.24, 2.45) is 0 Å². The number of aryl methyl sites for hydroxylation is 1. The van der Waals surface area contributed by atoms with Crippen molar-refractivity contribution in [3.05, 3.63) is 87.0 Å². The lowest BCUT2D eigenvalue weighted by Gasteiger charge is -2.05. The lowest BCUT2D eigenvalue weighted by Crippen LogP contribution is -2.22. The van der Waals surface area contributed by atoms with Crippen LogP contribution in [0.25, 0.3) is 11.0 Å². The normalized spacial score (nSPS) is 11.1. The van der Waals surface area contributed by atoms with Crippen molar-refractivity contribution < 1.29 is 9.21 Å². The highest BCUT2D eigenvalue weighted by molar-refractivity contribution is 7.99. The summed E-state index contributed by atoms with van der Waals surface area (Å²) in [5.74, 6) is -0.511. The van der Waals surface area contributed by atoms with Gasteiger partial charge in [-0.05, 0) is 50.2 Å². The van der Waals surface area contributed by atoms with Crippen LogP contribution < -0.4 is 5.63 Å². The Labute approximate surface area is 169 Å². The van der Waals surface area contributed by atoms with Gasteiger partial charge in [0, 0.05) is 15.3 Å².